The Balaban J connectivity index is 2.73. The standard InChI is InChI=1S/C11H15BrN2O/c1-3-10(13)11(15)14-8-5-4-7(2)9(12)6-8/h4-6,10H,3,13H2,1-2H3,(H,14,15)/t10-/m1/s1. The Bertz CT molecular complexity index is 366. The van der Waals surface area contributed by atoms with Gasteiger partial charge < -0.3 is 11.1 Å². The number of amides is 1. The van der Waals surface area contributed by atoms with Crippen molar-refractivity contribution in [2.24, 2.45) is 5.73 Å². The van der Waals surface area contributed by atoms with Gasteiger partial charge in [-0.05, 0) is 31.0 Å². The van der Waals surface area contributed by atoms with Crippen LogP contribution in [-0.2, 0) is 4.79 Å². The highest BCUT2D eigenvalue weighted by molar-refractivity contribution is 9.10. The van der Waals surface area contributed by atoms with Gasteiger partial charge in [-0.25, -0.2) is 0 Å². The molecule has 0 saturated carbocycles. The molecule has 3 nitrogen and oxygen atoms in total. The fourth-order valence-corrected chi connectivity index (χ4v) is 1.47. The SMILES string of the molecule is CC[C@@H](N)C(=O)Nc1ccc(C)c(Br)c1. The topological polar surface area (TPSA) is 55.1 Å². The van der Waals surface area contributed by atoms with E-state index in [0.29, 0.717) is 6.42 Å². The van der Waals surface area contributed by atoms with Gasteiger partial charge >= 0.3 is 0 Å². The molecule has 0 saturated heterocycles. The Kier molecular flexibility index (Phi) is 4.29. The van der Waals surface area contributed by atoms with Gasteiger partial charge in [0.15, 0.2) is 0 Å². The van der Waals surface area contributed by atoms with E-state index in [1.165, 1.54) is 0 Å². The normalized spacial score (nSPS) is 12.3. The van der Waals surface area contributed by atoms with Crippen LogP contribution in [0.25, 0.3) is 0 Å². The van der Waals surface area contributed by atoms with Crippen molar-refractivity contribution in [3.8, 4) is 0 Å². The van der Waals surface area contributed by atoms with Gasteiger partial charge in [-0.15, -0.1) is 0 Å². The fraction of sp³-hybridized carbons (Fsp3) is 0.364. The van der Waals surface area contributed by atoms with Crippen LogP contribution in [0.5, 0.6) is 0 Å². The number of hydrogen-bond acceptors (Lipinski definition) is 2. The Morgan fingerprint density at radius 1 is 1.60 bits per heavy atom. The van der Waals surface area contributed by atoms with Crippen molar-refractivity contribution in [2.75, 3.05) is 5.32 Å². The summed E-state index contributed by atoms with van der Waals surface area (Å²) in [5, 5.41) is 2.77. The molecule has 1 aromatic rings. The molecule has 4 heteroatoms. The average molecular weight is 271 g/mol. The molecule has 0 spiro atoms. The second-order valence-corrected chi connectivity index (χ2v) is 4.32. The fourth-order valence-electron chi connectivity index (χ4n) is 1.09. The third-order valence-corrected chi connectivity index (χ3v) is 3.07. The quantitative estimate of drug-likeness (QED) is 0.887. The summed E-state index contributed by atoms with van der Waals surface area (Å²) in [6, 6.07) is 5.23. The van der Waals surface area contributed by atoms with E-state index in [0.717, 1.165) is 15.7 Å². The predicted octanol–water partition coefficient (Wildman–Crippen LogP) is 2.43. The van der Waals surface area contributed by atoms with E-state index >= 15 is 0 Å². The number of hydrogen-bond donors (Lipinski definition) is 2. The second kappa shape index (κ2) is 5.28. The van der Waals surface area contributed by atoms with Crippen molar-refractivity contribution < 1.29 is 4.79 Å². The summed E-state index contributed by atoms with van der Waals surface area (Å²) in [6.45, 7) is 3.88. The van der Waals surface area contributed by atoms with E-state index in [-0.39, 0.29) is 5.91 Å². The Morgan fingerprint density at radius 2 is 2.27 bits per heavy atom. The van der Waals surface area contributed by atoms with Crippen LogP contribution in [0.1, 0.15) is 18.9 Å². The molecule has 15 heavy (non-hydrogen) atoms. The molecule has 0 aromatic heterocycles. The van der Waals surface area contributed by atoms with Crippen LogP contribution >= 0.6 is 15.9 Å². The van der Waals surface area contributed by atoms with Gasteiger partial charge in [-0.1, -0.05) is 28.9 Å². The molecule has 0 aliphatic carbocycles. The molecule has 0 aliphatic rings. The smallest absolute Gasteiger partial charge is 0.241 e. The van der Waals surface area contributed by atoms with Gasteiger partial charge in [0.25, 0.3) is 0 Å². The molecule has 0 aliphatic heterocycles. The summed E-state index contributed by atoms with van der Waals surface area (Å²) in [6.07, 6.45) is 0.638. The lowest BCUT2D eigenvalue weighted by atomic mass is 10.2. The highest BCUT2D eigenvalue weighted by Crippen LogP contribution is 2.20. The zero-order valence-corrected chi connectivity index (χ0v) is 10.5. The third kappa shape index (κ3) is 3.32. The molecule has 1 amide bonds. The Labute approximate surface area is 98.2 Å². The number of nitrogens with two attached hydrogens (primary N) is 1. The first-order chi connectivity index (χ1) is 7.04. The molecule has 0 unspecified atom stereocenters. The van der Waals surface area contributed by atoms with Crippen LogP contribution < -0.4 is 11.1 Å². The van der Waals surface area contributed by atoms with E-state index < -0.39 is 6.04 Å². The maximum atomic E-state index is 11.5. The van der Waals surface area contributed by atoms with Crippen molar-refractivity contribution in [1.82, 2.24) is 0 Å². The van der Waals surface area contributed by atoms with Crippen molar-refractivity contribution in [3.05, 3.63) is 28.2 Å². The maximum absolute atomic E-state index is 11.5. The lowest BCUT2D eigenvalue weighted by molar-refractivity contribution is -0.117. The van der Waals surface area contributed by atoms with Gasteiger partial charge in [0.05, 0.1) is 6.04 Å². The monoisotopic (exact) mass is 270 g/mol. The first-order valence-electron chi connectivity index (χ1n) is 4.87. The lowest BCUT2D eigenvalue weighted by Gasteiger charge is -2.10. The number of benzene rings is 1. The molecule has 1 atom stereocenters. The number of nitrogens with one attached hydrogen (secondary N) is 1. The molecular weight excluding hydrogens is 256 g/mol. The largest absolute Gasteiger partial charge is 0.325 e. The van der Waals surface area contributed by atoms with Crippen LogP contribution in [0.4, 0.5) is 5.69 Å². The first-order valence-corrected chi connectivity index (χ1v) is 5.66. The van der Waals surface area contributed by atoms with Crippen molar-refractivity contribution in [3.63, 3.8) is 0 Å². The molecular formula is C11H15BrN2O. The minimum absolute atomic E-state index is 0.145. The highest BCUT2D eigenvalue weighted by Gasteiger charge is 2.10. The minimum atomic E-state index is -0.440. The number of aryl methyl sites for hydroxylation is 1. The summed E-state index contributed by atoms with van der Waals surface area (Å²) in [7, 11) is 0. The molecule has 0 fully saturated rings. The lowest BCUT2D eigenvalue weighted by Crippen LogP contribution is -2.34. The molecule has 0 radical (unpaired) electrons. The summed E-state index contributed by atoms with van der Waals surface area (Å²) in [4.78, 5) is 11.5. The molecule has 82 valence electrons. The first kappa shape index (κ1) is 12.2. The van der Waals surface area contributed by atoms with E-state index in [2.05, 4.69) is 21.2 Å². The van der Waals surface area contributed by atoms with Gasteiger partial charge in [-0.2, -0.15) is 0 Å². The third-order valence-electron chi connectivity index (χ3n) is 2.22. The summed E-state index contributed by atoms with van der Waals surface area (Å²) >= 11 is 3.41. The number of anilines is 1. The van der Waals surface area contributed by atoms with Gasteiger partial charge in [0.2, 0.25) is 5.91 Å². The minimum Gasteiger partial charge on any atom is -0.325 e. The van der Waals surface area contributed by atoms with E-state index in [1.807, 2.05) is 32.0 Å². The number of carbonyl (C=O) groups is 1. The molecule has 0 heterocycles. The van der Waals surface area contributed by atoms with Crippen LogP contribution in [0.2, 0.25) is 0 Å². The van der Waals surface area contributed by atoms with Crippen molar-refractivity contribution in [1.29, 1.82) is 0 Å². The van der Waals surface area contributed by atoms with Crippen molar-refractivity contribution in [2.45, 2.75) is 26.3 Å². The van der Waals surface area contributed by atoms with Crippen LogP contribution in [0, 0.1) is 6.92 Å². The second-order valence-electron chi connectivity index (χ2n) is 3.47. The summed E-state index contributed by atoms with van der Waals surface area (Å²) < 4.78 is 0.977. The maximum Gasteiger partial charge on any atom is 0.241 e. The Hall–Kier alpha value is -0.870. The molecule has 3 N–H and O–H groups in total. The van der Waals surface area contributed by atoms with Gasteiger partial charge in [-0.3, -0.25) is 4.79 Å². The van der Waals surface area contributed by atoms with Gasteiger partial charge in [0.1, 0.15) is 0 Å². The van der Waals surface area contributed by atoms with Crippen LogP contribution in [0.15, 0.2) is 22.7 Å². The van der Waals surface area contributed by atoms with E-state index in [4.69, 9.17) is 5.73 Å². The molecule has 1 rings (SSSR count). The Morgan fingerprint density at radius 3 is 2.80 bits per heavy atom. The summed E-state index contributed by atoms with van der Waals surface area (Å²) in [5.41, 5.74) is 7.51. The molecule has 0 bridgehead atoms. The summed E-state index contributed by atoms with van der Waals surface area (Å²) in [5.74, 6) is -0.145. The predicted molar refractivity (Wildman–Crippen MR) is 65.8 cm³/mol. The zero-order chi connectivity index (χ0) is 11.4. The number of carbonyl (C=O) groups excluding carboxylic acids is 1. The zero-order valence-electron chi connectivity index (χ0n) is 8.88. The number of halogens is 1. The van der Waals surface area contributed by atoms with Crippen LogP contribution in [-0.4, -0.2) is 11.9 Å². The average Bonchev–Trinajstić information content (AvgIpc) is 2.22. The van der Waals surface area contributed by atoms with Crippen molar-refractivity contribution >= 4 is 27.5 Å². The molecule has 1 aromatic carbocycles. The number of rotatable bonds is 3. The van der Waals surface area contributed by atoms with Crippen LogP contribution in [0.3, 0.4) is 0 Å². The van der Waals surface area contributed by atoms with E-state index in [9.17, 15) is 4.79 Å². The highest BCUT2D eigenvalue weighted by atomic mass is 79.9. The van der Waals surface area contributed by atoms with E-state index in [1.54, 1.807) is 0 Å². The van der Waals surface area contributed by atoms with Gasteiger partial charge in [0, 0.05) is 10.2 Å².